The minimum absolute atomic E-state index is 0.0188. The van der Waals surface area contributed by atoms with Gasteiger partial charge < -0.3 is 24.5 Å². The van der Waals surface area contributed by atoms with Crippen LogP contribution >= 0.6 is 0 Å². The number of hydrogen-bond acceptors (Lipinski definition) is 4. The number of aromatic nitrogens is 3. The first-order chi connectivity index (χ1) is 20.2. The Morgan fingerprint density at radius 3 is 2.74 bits per heavy atom. The Morgan fingerprint density at radius 2 is 1.95 bits per heavy atom. The van der Waals surface area contributed by atoms with E-state index in [1.54, 1.807) is 6.20 Å². The van der Waals surface area contributed by atoms with Crippen LogP contribution in [0.25, 0.3) is 22.3 Å². The average Bonchev–Trinajstić information content (AvgIpc) is 3.36. The first-order valence-electron chi connectivity index (χ1n) is 13.3. The van der Waals surface area contributed by atoms with Gasteiger partial charge in [0.15, 0.2) is 11.6 Å². The van der Waals surface area contributed by atoms with Crippen LogP contribution in [0, 0.1) is 29.2 Å². The lowest BCUT2D eigenvalue weighted by molar-refractivity contribution is -0.138. The SMILES string of the molecule is C[C@]1(c2cnc(-c3cc(Oc4c(F)c(F)c5[nH]ccc5c4F)ccc3F)[nH]2)CCOc2c([C@@H]3C[C@@H]3C(=O)O)cccc21. The Kier molecular flexibility index (Phi) is 5.83. The molecule has 2 aromatic heterocycles. The molecule has 2 aliphatic rings. The minimum atomic E-state index is -1.51. The standard InChI is InChI=1S/C31H23F4N3O4/c1-31(8-10-41-27-15(3-2-4-20(27)31)17-12-18(17)30(39)40)22-13-37-29(38-22)19-11-14(5-6-21(19)32)42-28-23(33)16-7-9-36-26(16)24(34)25(28)35/h2-7,9,11,13,17-18,36H,8,10,12H2,1H3,(H,37,38)(H,39,40)/t17-,18-,31-/m0/s1. The Morgan fingerprint density at radius 1 is 1.12 bits per heavy atom. The van der Waals surface area contributed by atoms with Crippen molar-refractivity contribution in [2.24, 2.45) is 5.92 Å². The molecule has 5 aromatic rings. The molecule has 1 aliphatic heterocycles. The number of hydrogen-bond donors (Lipinski definition) is 3. The normalized spacial score (nSPS) is 21.2. The summed E-state index contributed by atoms with van der Waals surface area (Å²) in [6.07, 6.45) is 4.00. The predicted octanol–water partition coefficient (Wildman–Crippen LogP) is 7.18. The van der Waals surface area contributed by atoms with E-state index in [0.29, 0.717) is 30.9 Å². The number of nitrogens with zero attached hydrogens (tertiary/aromatic N) is 1. The van der Waals surface area contributed by atoms with Crippen molar-refractivity contribution in [2.75, 3.05) is 6.61 Å². The van der Waals surface area contributed by atoms with Gasteiger partial charge in [-0.3, -0.25) is 4.79 Å². The third-order valence-electron chi connectivity index (χ3n) is 8.37. The van der Waals surface area contributed by atoms with Crippen LogP contribution in [0.2, 0.25) is 0 Å². The molecular weight excluding hydrogens is 554 g/mol. The smallest absolute Gasteiger partial charge is 0.307 e. The minimum Gasteiger partial charge on any atom is -0.493 e. The van der Waals surface area contributed by atoms with Gasteiger partial charge in [0.05, 0.1) is 23.6 Å². The highest BCUT2D eigenvalue weighted by molar-refractivity contribution is 5.83. The van der Waals surface area contributed by atoms with E-state index in [1.165, 1.54) is 24.4 Å². The third kappa shape index (κ3) is 3.94. The molecule has 0 saturated heterocycles. The second-order valence-corrected chi connectivity index (χ2v) is 10.9. The van der Waals surface area contributed by atoms with Crippen molar-refractivity contribution in [3.05, 3.63) is 94.9 Å². The molecule has 0 amide bonds. The van der Waals surface area contributed by atoms with Crippen molar-refractivity contribution in [3.63, 3.8) is 0 Å². The molecule has 1 fully saturated rings. The topological polar surface area (TPSA) is 100 Å². The summed E-state index contributed by atoms with van der Waals surface area (Å²) in [5.41, 5.74) is 1.44. The van der Waals surface area contributed by atoms with Crippen LogP contribution in [-0.4, -0.2) is 32.6 Å². The van der Waals surface area contributed by atoms with Crippen LogP contribution in [-0.2, 0) is 10.2 Å². The summed E-state index contributed by atoms with van der Waals surface area (Å²) >= 11 is 0. The van der Waals surface area contributed by atoms with E-state index >= 15 is 4.39 Å². The number of rotatable bonds is 6. The molecule has 0 unspecified atom stereocenters. The van der Waals surface area contributed by atoms with E-state index in [-0.39, 0.29) is 34.0 Å². The van der Waals surface area contributed by atoms with Crippen LogP contribution in [0.1, 0.15) is 42.5 Å². The molecule has 7 rings (SSSR count). The van der Waals surface area contributed by atoms with Gasteiger partial charge in [0.2, 0.25) is 11.6 Å². The summed E-state index contributed by atoms with van der Waals surface area (Å²) in [5, 5.41) is 9.24. The van der Waals surface area contributed by atoms with E-state index in [9.17, 15) is 23.1 Å². The molecule has 3 atom stereocenters. The van der Waals surface area contributed by atoms with E-state index in [0.717, 1.165) is 17.2 Å². The fourth-order valence-electron chi connectivity index (χ4n) is 5.88. The molecule has 0 radical (unpaired) electrons. The molecule has 1 saturated carbocycles. The Balaban J connectivity index is 1.23. The van der Waals surface area contributed by atoms with Gasteiger partial charge in [-0.2, -0.15) is 4.39 Å². The van der Waals surface area contributed by atoms with Crippen molar-refractivity contribution >= 4 is 16.9 Å². The van der Waals surface area contributed by atoms with Crippen molar-refractivity contribution in [2.45, 2.75) is 31.1 Å². The number of carboxylic acids is 1. The molecule has 3 heterocycles. The number of carboxylic acid groups (broad SMARTS) is 1. The Hall–Kier alpha value is -4.80. The Bertz CT molecular complexity index is 1900. The number of benzene rings is 3. The zero-order valence-electron chi connectivity index (χ0n) is 22.1. The number of H-pyrrole nitrogens is 2. The van der Waals surface area contributed by atoms with Crippen molar-refractivity contribution in [1.29, 1.82) is 0 Å². The number of carbonyl (C=O) groups is 1. The summed E-state index contributed by atoms with van der Waals surface area (Å²) in [6.45, 7) is 2.39. The van der Waals surface area contributed by atoms with Gasteiger partial charge in [-0.25, -0.2) is 18.2 Å². The monoisotopic (exact) mass is 577 g/mol. The first kappa shape index (κ1) is 26.1. The highest BCUT2D eigenvalue weighted by Gasteiger charge is 2.47. The lowest BCUT2D eigenvalue weighted by Gasteiger charge is -2.36. The maximum Gasteiger partial charge on any atom is 0.307 e. The Labute approximate surface area is 236 Å². The fraction of sp³-hybridized carbons (Fsp3) is 0.226. The van der Waals surface area contributed by atoms with Gasteiger partial charge in [-0.15, -0.1) is 0 Å². The number of fused-ring (bicyclic) bond motifs is 2. The number of aromatic amines is 2. The van der Waals surface area contributed by atoms with Crippen molar-refractivity contribution < 1.29 is 36.9 Å². The van der Waals surface area contributed by atoms with Crippen molar-refractivity contribution in [1.82, 2.24) is 15.0 Å². The molecule has 3 N–H and O–H groups in total. The lowest BCUT2D eigenvalue weighted by atomic mass is 9.74. The predicted molar refractivity (Wildman–Crippen MR) is 144 cm³/mol. The molecule has 214 valence electrons. The van der Waals surface area contributed by atoms with Gasteiger partial charge in [0.25, 0.3) is 0 Å². The maximum atomic E-state index is 15.0. The van der Waals surface area contributed by atoms with E-state index < -0.39 is 46.3 Å². The second-order valence-electron chi connectivity index (χ2n) is 10.9. The molecule has 7 nitrogen and oxygen atoms in total. The molecule has 1 aliphatic carbocycles. The number of nitrogens with one attached hydrogen (secondary N) is 2. The van der Waals surface area contributed by atoms with Gasteiger partial charge >= 0.3 is 5.97 Å². The third-order valence-corrected chi connectivity index (χ3v) is 8.37. The summed E-state index contributed by atoms with van der Waals surface area (Å²) in [5.74, 6) is -6.20. The van der Waals surface area contributed by atoms with Gasteiger partial charge in [-0.1, -0.05) is 18.2 Å². The summed E-state index contributed by atoms with van der Waals surface area (Å²) in [4.78, 5) is 21.5. The molecular formula is C31H23F4N3O4. The summed E-state index contributed by atoms with van der Waals surface area (Å²) in [7, 11) is 0. The quantitative estimate of drug-likeness (QED) is 0.147. The molecule has 0 spiro atoms. The van der Waals surface area contributed by atoms with Gasteiger partial charge in [-0.05, 0) is 49.6 Å². The number of ether oxygens (including phenoxy) is 2. The maximum absolute atomic E-state index is 15.0. The van der Waals surface area contributed by atoms with Crippen LogP contribution in [0.3, 0.4) is 0 Å². The zero-order valence-corrected chi connectivity index (χ0v) is 22.1. The highest BCUT2D eigenvalue weighted by Crippen LogP contribution is 2.54. The molecule has 42 heavy (non-hydrogen) atoms. The average molecular weight is 578 g/mol. The fourth-order valence-corrected chi connectivity index (χ4v) is 5.88. The number of para-hydroxylation sites is 1. The van der Waals surface area contributed by atoms with Crippen molar-refractivity contribution in [3.8, 4) is 28.6 Å². The summed E-state index contributed by atoms with van der Waals surface area (Å²) in [6, 6.07) is 10.4. The first-order valence-corrected chi connectivity index (χ1v) is 13.3. The van der Waals surface area contributed by atoms with E-state index in [2.05, 4.69) is 15.0 Å². The molecule has 3 aromatic carbocycles. The largest absolute Gasteiger partial charge is 0.493 e. The van der Waals surface area contributed by atoms with E-state index in [4.69, 9.17) is 9.47 Å². The van der Waals surface area contributed by atoms with Crippen LogP contribution in [0.4, 0.5) is 17.6 Å². The van der Waals surface area contributed by atoms with E-state index in [1.807, 2.05) is 25.1 Å². The van der Waals surface area contributed by atoms with Crippen LogP contribution in [0.5, 0.6) is 17.2 Å². The van der Waals surface area contributed by atoms with Gasteiger partial charge in [0.1, 0.15) is 23.1 Å². The molecule has 11 heteroatoms. The zero-order chi connectivity index (χ0) is 29.3. The molecule has 0 bridgehead atoms. The van der Waals surface area contributed by atoms with Crippen LogP contribution in [0.15, 0.2) is 54.9 Å². The second kappa shape index (κ2) is 9.37. The van der Waals surface area contributed by atoms with Crippen LogP contribution < -0.4 is 9.47 Å². The lowest BCUT2D eigenvalue weighted by Crippen LogP contribution is -2.32. The van der Waals surface area contributed by atoms with Gasteiger partial charge in [0, 0.05) is 40.4 Å². The summed E-state index contributed by atoms with van der Waals surface area (Å²) < 4.78 is 70.6. The number of aliphatic carboxylic acids is 1. The highest BCUT2D eigenvalue weighted by atomic mass is 19.2. The number of imidazole rings is 1. The number of halogens is 4.